The first kappa shape index (κ1) is 18.7. The van der Waals surface area contributed by atoms with Crippen LogP contribution in [0.3, 0.4) is 0 Å². The number of hydrogen-bond acceptors (Lipinski definition) is 4. The Kier molecular flexibility index (Phi) is 4.95. The van der Waals surface area contributed by atoms with E-state index in [1.165, 1.54) is 18.7 Å². The molecule has 3 aromatic rings. The number of para-hydroxylation sites is 1. The second kappa shape index (κ2) is 7.41. The monoisotopic (exact) mass is 413 g/mol. The van der Waals surface area contributed by atoms with E-state index in [1.807, 2.05) is 43.3 Å². The van der Waals surface area contributed by atoms with Gasteiger partial charge in [-0.25, -0.2) is 4.90 Å². The maximum atomic E-state index is 13.0. The molecular formula is C20H18ClN4O2S+. The van der Waals surface area contributed by atoms with E-state index in [1.54, 1.807) is 21.7 Å². The van der Waals surface area contributed by atoms with Gasteiger partial charge in [-0.05, 0) is 34.7 Å². The molecule has 1 atom stereocenters. The van der Waals surface area contributed by atoms with Crippen LogP contribution in [0.2, 0.25) is 5.02 Å². The number of H-pyrrole nitrogens is 1. The molecule has 0 unspecified atom stereocenters. The average Bonchev–Trinajstić information content (AvgIpc) is 2.66. The Morgan fingerprint density at radius 1 is 1.29 bits per heavy atom. The minimum Gasteiger partial charge on any atom is -0.291 e. The lowest BCUT2D eigenvalue weighted by Gasteiger charge is -2.31. The molecule has 0 saturated heterocycles. The van der Waals surface area contributed by atoms with Crippen molar-refractivity contribution in [3.05, 3.63) is 69.5 Å². The topological polar surface area (TPSA) is 69.9 Å². The van der Waals surface area contributed by atoms with Crippen molar-refractivity contribution < 1.29 is 9.48 Å². The van der Waals surface area contributed by atoms with E-state index in [9.17, 15) is 9.59 Å². The highest BCUT2D eigenvalue weighted by molar-refractivity contribution is 7.99. The summed E-state index contributed by atoms with van der Waals surface area (Å²) in [6, 6.07) is 14.6. The maximum absolute atomic E-state index is 13.0. The first-order valence-corrected chi connectivity index (χ1v) is 10.2. The van der Waals surface area contributed by atoms with Crippen molar-refractivity contribution in [3.63, 3.8) is 0 Å². The number of nitrogens with zero attached hydrogens (tertiary/aromatic N) is 3. The molecule has 0 fully saturated rings. The Hall–Kier alpha value is -2.64. The van der Waals surface area contributed by atoms with Crippen LogP contribution in [0.5, 0.6) is 0 Å². The maximum Gasteiger partial charge on any atom is 0.325 e. The van der Waals surface area contributed by atoms with Crippen LogP contribution in [0.15, 0.2) is 58.5 Å². The number of thioether (sulfide) groups is 1. The fourth-order valence-electron chi connectivity index (χ4n) is 3.48. The smallest absolute Gasteiger partial charge is 0.291 e. The van der Waals surface area contributed by atoms with Crippen LogP contribution >= 0.6 is 23.4 Å². The molecular weight excluding hydrogens is 396 g/mol. The van der Waals surface area contributed by atoms with Gasteiger partial charge < -0.3 is 0 Å². The molecule has 1 aliphatic rings. The molecule has 0 bridgehead atoms. The van der Waals surface area contributed by atoms with Crippen molar-refractivity contribution in [3.8, 4) is 11.3 Å². The Balaban J connectivity index is 2.07. The van der Waals surface area contributed by atoms with Gasteiger partial charge in [-0.3, -0.25) is 14.6 Å². The number of aromatic nitrogens is 3. The number of rotatable bonds is 3. The second-order valence-corrected chi connectivity index (χ2v) is 8.01. The molecule has 0 spiro atoms. The Morgan fingerprint density at radius 3 is 2.79 bits per heavy atom. The minimum atomic E-state index is -0.611. The molecule has 4 rings (SSSR count). The number of hydrogen-bond donors (Lipinski definition) is 1. The van der Waals surface area contributed by atoms with E-state index >= 15 is 0 Å². The zero-order valence-corrected chi connectivity index (χ0v) is 16.9. The molecule has 28 heavy (non-hydrogen) atoms. The lowest BCUT2D eigenvalue weighted by atomic mass is 10.0. The molecule has 1 aromatic heterocycles. The van der Waals surface area contributed by atoms with Crippen molar-refractivity contribution in [2.75, 3.05) is 10.7 Å². The molecule has 0 saturated carbocycles. The van der Waals surface area contributed by atoms with Gasteiger partial charge in [0, 0.05) is 22.6 Å². The molecule has 1 aliphatic heterocycles. The van der Waals surface area contributed by atoms with E-state index in [-0.39, 0.29) is 11.5 Å². The number of carbonyl (C=O) groups is 1. The van der Waals surface area contributed by atoms with Crippen molar-refractivity contribution >= 4 is 35.0 Å². The number of carbonyl (C=O) groups excluding carboxylic acids is 1. The van der Waals surface area contributed by atoms with Crippen LogP contribution in [-0.2, 0) is 4.79 Å². The molecule has 8 heteroatoms. The highest BCUT2D eigenvalue weighted by Gasteiger charge is 2.44. The van der Waals surface area contributed by atoms with E-state index < -0.39 is 6.17 Å². The summed E-state index contributed by atoms with van der Waals surface area (Å²) in [4.78, 5) is 30.2. The number of fused-ring (bicyclic) bond motifs is 3. The first-order valence-electron chi connectivity index (χ1n) is 8.85. The van der Waals surface area contributed by atoms with Crippen LogP contribution in [0.4, 0.5) is 5.69 Å². The highest BCUT2D eigenvalue weighted by Crippen LogP contribution is 2.37. The van der Waals surface area contributed by atoms with Crippen LogP contribution in [0.25, 0.3) is 11.3 Å². The molecule has 142 valence electrons. The van der Waals surface area contributed by atoms with E-state index in [0.717, 1.165) is 11.3 Å². The van der Waals surface area contributed by atoms with Crippen LogP contribution in [-0.4, -0.2) is 21.7 Å². The summed E-state index contributed by atoms with van der Waals surface area (Å²) < 4.78 is 1.63. The highest BCUT2D eigenvalue weighted by atomic mass is 35.5. The summed E-state index contributed by atoms with van der Waals surface area (Å²) in [7, 11) is 0. The number of nitrogens with one attached hydrogen (secondary N) is 1. The zero-order valence-electron chi connectivity index (χ0n) is 15.3. The number of aromatic amines is 1. The summed E-state index contributed by atoms with van der Waals surface area (Å²) in [5.41, 5.74) is 2.28. The Bertz CT molecular complexity index is 1130. The van der Waals surface area contributed by atoms with Crippen LogP contribution in [0, 0.1) is 0 Å². The summed E-state index contributed by atoms with van der Waals surface area (Å²) in [6.45, 7) is 3.50. The Morgan fingerprint density at radius 2 is 2.07 bits per heavy atom. The van der Waals surface area contributed by atoms with Gasteiger partial charge in [0.2, 0.25) is 11.1 Å². The van der Waals surface area contributed by atoms with Gasteiger partial charge in [0.05, 0.1) is 11.3 Å². The number of anilines is 1. The molecule has 0 aliphatic carbocycles. The fraction of sp³-hybridized carbons (Fsp3) is 0.200. The van der Waals surface area contributed by atoms with Crippen molar-refractivity contribution in [2.45, 2.75) is 25.2 Å². The van der Waals surface area contributed by atoms with Crippen LogP contribution < -0.4 is 15.1 Å². The van der Waals surface area contributed by atoms with Gasteiger partial charge in [-0.2, -0.15) is 0 Å². The lowest BCUT2D eigenvalue weighted by molar-refractivity contribution is -0.763. The normalized spacial score (nSPS) is 15.1. The average molecular weight is 414 g/mol. The standard InChI is InChI=1S/C20H17ClN4O2S/c1-3-28-20-22-18(27)17-15-9-4-5-10-16(15)24(12(2)26)19(25(17)23-20)13-7-6-8-14(21)11-13/h4-11,19H,3H2,1-2H3/p+1/t19-/m0/s1. The zero-order chi connectivity index (χ0) is 19.8. The predicted octanol–water partition coefficient (Wildman–Crippen LogP) is 3.40. The SMILES string of the molecule is CCSc1n[n+]2c(c(=O)[nH]1)-c1ccccc1N(C(C)=O)[C@@H]2c1cccc(Cl)c1. The van der Waals surface area contributed by atoms with E-state index in [0.29, 0.717) is 27.1 Å². The van der Waals surface area contributed by atoms with E-state index in [2.05, 4.69) is 10.1 Å². The van der Waals surface area contributed by atoms with Gasteiger partial charge in [-0.1, -0.05) is 54.6 Å². The quantitative estimate of drug-likeness (QED) is 0.527. The number of halogens is 1. The third-order valence-corrected chi connectivity index (χ3v) is 5.51. The second-order valence-electron chi connectivity index (χ2n) is 6.32. The van der Waals surface area contributed by atoms with Gasteiger partial charge >= 0.3 is 11.3 Å². The molecule has 2 aromatic carbocycles. The van der Waals surface area contributed by atoms with Gasteiger partial charge in [0.1, 0.15) is 0 Å². The van der Waals surface area contributed by atoms with Gasteiger partial charge in [0.25, 0.3) is 6.17 Å². The summed E-state index contributed by atoms with van der Waals surface area (Å²) >= 11 is 7.66. The fourth-order valence-corrected chi connectivity index (χ4v) is 4.26. The van der Waals surface area contributed by atoms with Crippen molar-refractivity contribution in [2.24, 2.45) is 0 Å². The van der Waals surface area contributed by atoms with Crippen LogP contribution in [0.1, 0.15) is 25.6 Å². The Labute approximate surface area is 171 Å². The van der Waals surface area contributed by atoms with Gasteiger partial charge in [-0.15, -0.1) is 0 Å². The minimum absolute atomic E-state index is 0.151. The third-order valence-electron chi connectivity index (χ3n) is 4.53. The molecule has 1 N–H and O–H groups in total. The molecule has 6 nitrogen and oxygen atoms in total. The predicted molar refractivity (Wildman–Crippen MR) is 110 cm³/mol. The van der Waals surface area contributed by atoms with Gasteiger partial charge in [0.15, 0.2) is 0 Å². The third kappa shape index (κ3) is 3.10. The van der Waals surface area contributed by atoms with Crippen molar-refractivity contribution in [1.82, 2.24) is 10.1 Å². The first-order chi connectivity index (χ1) is 13.5. The molecule has 0 radical (unpaired) electrons. The summed E-state index contributed by atoms with van der Waals surface area (Å²) in [5, 5.41) is 5.73. The lowest BCUT2D eigenvalue weighted by Crippen LogP contribution is -2.60. The number of amides is 1. The van der Waals surface area contributed by atoms with E-state index in [4.69, 9.17) is 11.6 Å². The summed E-state index contributed by atoms with van der Waals surface area (Å²) in [5.74, 6) is 0.610. The molecule has 2 heterocycles. The molecule has 1 amide bonds. The number of benzene rings is 2. The largest absolute Gasteiger partial charge is 0.325 e. The van der Waals surface area contributed by atoms with Crippen molar-refractivity contribution in [1.29, 1.82) is 0 Å². The summed E-state index contributed by atoms with van der Waals surface area (Å²) in [6.07, 6.45) is -0.611.